The van der Waals surface area contributed by atoms with Gasteiger partial charge in [0.25, 0.3) is 0 Å². The molecule has 0 saturated carbocycles. The molecule has 0 saturated heterocycles. The van der Waals surface area contributed by atoms with Crippen LogP contribution in [0.5, 0.6) is 0 Å². The van der Waals surface area contributed by atoms with Crippen LogP contribution in [0.25, 0.3) is 11.3 Å². The molecule has 0 aliphatic rings. The molecule has 3 rings (SSSR count). The van der Waals surface area contributed by atoms with Crippen molar-refractivity contribution < 1.29 is 8.78 Å². The first kappa shape index (κ1) is 17.7. The highest BCUT2D eigenvalue weighted by Gasteiger charge is 2.14. The van der Waals surface area contributed by atoms with Gasteiger partial charge in [0.2, 0.25) is 5.95 Å². The van der Waals surface area contributed by atoms with E-state index in [0.29, 0.717) is 17.5 Å². The lowest BCUT2D eigenvalue weighted by atomic mass is 10.1. The van der Waals surface area contributed by atoms with E-state index < -0.39 is 11.6 Å². The number of nitrogens with one attached hydrogen (secondary N) is 2. The van der Waals surface area contributed by atoms with Gasteiger partial charge in [-0.1, -0.05) is 0 Å². The molecule has 2 N–H and O–H groups in total. The van der Waals surface area contributed by atoms with Gasteiger partial charge in [0.1, 0.15) is 17.5 Å². The van der Waals surface area contributed by atoms with Gasteiger partial charge in [-0.25, -0.2) is 13.8 Å². The minimum absolute atomic E-state index is 0.132. The topological polar surface area (TPSA) is 62.7 Å². The van der Waals surface area contributed by atoms with Crippen molar-refractivity contribution in [3.8, 4) is 11.3 Å². The highest BCUT2D eigenvalue weighted by molar-refractivity contribution is 5.67. The summed E-state index contributed by atoms with van der Waals surface area (Å²) in [5.41, 5.74) is 1.38. The largest absolute Gasteiger partial charge is 0.350 e. The van der Waals surface area contributed by atoms with Crippen molar-refractivity contribution in [1.29, 1.82) is 0 Å². The van der Waals surface area contributed by atoms with Crippen LogP contribution in [0.4, 0.5) is 26.2 Å². The van der Waals surface area contributed by atoms with E-state index in [-0.39, 0.29) is 11.2 Å². The Morgan fingerprint density at radius 2 is 1.65 bits per heavy atom. The number of hydrogen-bond donors (Lipinski definition) is 2. The van der Waals surface area contributed by atoms with Gasteiger partial charge < -0.3 is 10.6 Å². The molecule has 7 heteroatoms. The van der Waals surface area contributed by atoms with Crippen molar-refractivity contribution in [2.75, 3.05) is 10.6 Å². The van der Waals surface area contributed by atoms with E-state index in [0.717, 1.165) is 11.6 Å². The van der Waals surface area contributed by atoms with E-state index >= 15 is 0 Å². The zero-order valence-electron chi connectivity index (χ0n) is 14.7. The van der Waals surface area contributed by atoms with Crippen molar-refractivity contribution in [3.05, 3.63) is 60.4 Å². The van der Waals surface area contributed by atoms with E-state index in [9.17, 15) is 8.78 Å². The van der Waals surface area contributed by atoms with Gasteiger partial charge in [0.05, 0.1) is 11.4 Å². The summed E-state index contributed by atoms with van der Waals surface area (Å²) < 4.78 is 27.1. The molecule has 0 unspecified atom stereocenters. The zero-order chi connectivity index (χ0) is 18.7. The number of nitrogens with zero attached hydrogens (tertiary/aromatic N) is 3. The number of hydrogen-bond acceptors (Lipinski definition) is 5. The summed E-state index contributed by atoms with van der Waals surface area (Å²) in [6, 6.07) is 8.69. The van der Waals surface area contributed by atoms with Crippen LogP contribution >= 0.6 is 0 Å². The molecule has 0 radical (unpaired) electrons. The van der Waals surface area contributed by atoms with E-state index in [2.05, 4.69) is 25.6 Å². The molecule has 3 aromatic rings. The molecule has 2 aromatic heterocycles. The molecule has 0 fully saturated rings. The fraction of sp³-hybridized carbons (Fsp3) is 0.211. The maximum Gasteiger partial charge on any atom is 0.225 e. The Hall–Kier alpha value is -3.09. The van der Waals surface area contributed by atoms with Crippen molar-refractivity contribution in [2.45, 2.75) is 26.3 Å². The predicted octanol–water partition coefficient (Wildman–Crippen LogP) is 4.77. The summed E-state index contributed by atoms with van der Waals surface area (Å²) in [6.07, 6.45) is 3.34. The van der Waals surface area contributed by atoms with Crippen LogP contribution in [0.3, 0.4) is 0 Å². The van der Waals surface area contributed by atoms with Gasteiger partial charge in [0, 0.05) is 35.6 Å². The third kappa shape index (κ3) is 4.50. The number of pyridine rings is 1. The highest BCUT2D eigenvalue weighted by Crippen LogP contribution is 2.25. The fourth-order valence-electron chi connectivity index (χ4n) is 2.30. The van der Waals surface area contributed by atoms with Crippen LogP contribution in [0.15, 0.2) is 48.8 Å². The minimum Gasteiger partial charge on any atom is -0.350 e. The van der Waals surface area contributed by atoms with Gasteiger partial charge in [-0.2, -0.15) is 4.98 Å². The van der Waals surface area contributed by atoms with Crippen molar-refractivity contribution in [3.63, 3.8) is 0 Å². The molecule has 0 aliphatic carbocycles. The van der Waals surface area contributed by atoms with E-state index in [1.165, 1.54) is 12.1 Å². The van der Waals surface area contributed by atoms with Gasteiger partial charge >= 0.3 is 0 Å². The molecular weight excluding hydrogens is 336 g/mol. The molecule has 0 aliphatic heterocycles. The Bertz CT molecular complexity index is 908. The molecule has 0 atom stereocenters. The molecule has 0 amide bonds. The summed E-state index contributed by atoms with van der Waals surface area (Å²) in [5, 5.41) is 6.10. The second-order valence-corrected chi connectivity index (χ2v) is 6.82. The van der Waals surface area contributed by atoms with Crippen LogP contribution < -0.4 is 10.6 Å². The monoisotopic (exact) mass is 355 g/mol. The molecule has 0 spiro atoms. The zero-order valence-corrected chi connectivity index (χ0v) is 14.7. The number of halogens is 2. The predicted molar refractivity (Wildman–Crippen MR) is 98.3 cm³/mol. The van der Waals surface area contributed by atoms with Crippen molar-refractivity contribution in [1.82, 2.24) is 15.0 Å². The third-order valence-corrected chi connectivity index (χ3v) is 3.38. The third-order valence-electron chi connectivity index (χ3n) is 3.38. The highest BCUT2D eigenvalue weighted by atomic mass is 19.1. The van der Waals surface area contributed by atoms with Crippen LogP contribution in [0.1, 0.15) is 20.8 Å². The standard InChI is InChI=1S/C19H19F2N5/c1-19(2,3)26-18-24-16(12-6-8-22-9-7-12)11-17(25-18)23-15-5-4-13(20)10-14(15)21/h4-11H,1-3H3,(H2,23,24,25,26). The Kier molecular flexibility index (Phi) is 4.79. The fourth-order valence-corrected chi connectivity index (χ4v) is 2.30. The Balaban J connectivity index is 2.01. The normalized spacial score (nSPS) is 11.3. The molecule has 134 valence electrons. The summed E-state index contributed by atoms with van der Waals surface area (Å²) in [4.78, 5) is 12.9. The second kappa shape index (κ2) is 7.03. The average molecular weight is 355 g/mol. The smallest absolute Gasteiger partial charge is 0.225 e. The lowest BCUT2D eigenvalue weighted by molar-refractivity contribution is 0.586. The summed E-state index contributed by atoms with van der Waals surface area (Å²) in [7, 11) is 0. The first-order valence-corrected chi connectivity index (χ1v) is 8.10. The summed E-state index contributed by atoms with van der Waals surface area (Å²) >= 11 is 0. The first-order chi connectivity index (χ1) is 12.3. The number of benzene rings is 1. The SMILES string of the molecule is CC(C)(C)Nc1nc(Nc2ccc(F)cc2F)cc(-c2ccncc2)n1. The van der Waals surface area contributed by atoms with Crippen LogP contribution in [0, 0.1) is 11.6 Å². The molecule has 0 bridgehead atoms. The Labute approximate surface area is 150 Å². The van der Waals surface area contributed by atoms with Crippen molar-refractivity contribution >= 4 is 17.5 Å². The Morgan fingerprint density at radius 1 is 0.923 bits per heavy atom. The second-order valence-electron chi connectivity index (χ2n) is 6.82. The van der Waals surface area contributed by atoms with Crippen molar-refractivity contribution in [2.24, 2.45) is 0 Å². The minimum atomic E-state index is -0.695. The average Bonchev–Trinajstić information content (AvgIpc) is 2.56. The van der Waals surface area contributed by atoms with Gasteiger partial charge in [-0.05, 0) is 45.0 Å². The number of aromatic nitrogens is 3. The molecule has 5 nitrogen and oxygen atoms in total. The van der Waals surface area contributed by atoms with Gasteiger partial charge in [-0.15, -0.1) is 0 Å². The lowest BCUT2D eigenvalue weighted by Crippen LogP contribution is -2.27. The molecular formula is C19H19F2N5. The Morgan fingerprint density at radius 3 is 2.31 bits per heavy atom. The van der Waals surface area contributed by atoms with Crippen LogP contribution in [0.2, 0.25) is 0 Å². The number of rotatable bonds is 4. The lowest BCUT2D eigenvalue weighted by Gasteiger charge is -2.21. The molecule has 1 aromatic carbocycles. The quantitative estimate of drug-likeness (QED) is 0.706. The molecule has 2 heterocycles. The van der Waals surface area contributed by atoms with E-state index in [1.54, 1.807) is 18.5 Å². The molecule has 26 heavy (non-hydrogen) atoms. The van der Waals surface area contributed by atoms with E-state index in [4.69, 9.17) is 0 Å². The summed E-state index contributed by atoms with van der Waals surface area (Å²) in [6.45, 7) is 5.96. The summed E-state index contributed by atoms with van der Waals surface area (Å²) in [5.74, 6) is -0.538. The maximum absolute atomic E-state index is 14.0. The van der Waals surface area contributed by atoms with E-state index in [1.807, 2.05) is 32.9 Å². The number of anilines is 3. The van der Waals surface area contributed by atoms with Gasteiger partial charge in [-0.3, -0.25) is 4.98 Å². The first-order valence-electron chi connectivity index (χ1n) is 8.10. The maximum atomic E-state index is 14.0. The van der Waals surface area contributed by atoms with Gasteiger partial charge in [0.15, 0.2) is 0 Å². The van der Waals surface area contributed by atoms with Crippen LogP contribution in [-0.2, 0) is 0 Å². The van der Waals surface area contributed by atoms with Crippen LogP contribution in [-0.4, -0.2) is 20.5 Å².